The molecule has 4 aromatic rings. The maximum atomic E-state index is 13.0. The van der Waals surface area contributed by atoms with Crippen LogP contribution in [-0.2, 0) is 29.5 Å². The van der Waals surface area contributed by atoms with Crippen LogP contribution in [-0.4, -0.2) is 99.8 Å². The summed E-state index contributed by atoms with van der Waals surface area (Å²) in [4.78, 5) is 13.9. The van der Waals surface area contributed by atoms with Gasteiger partial charge in [0.25, 0.3) is 0 Å². The number of nitrogens with zero attached hydrogens (tertiary/aromatic N) is 7. The Morgan fingerprint density at radius 2 is 1.78 bits per heavy atom. The van der Waals surface area contributed by atoms with Crippen molar-refractivity contribution in [2.24, 2.45) is 0 Å². The first-order valence-electron chi connectivity index (χ1n) is 17.7. The highest BCUT2D eigenvalue weighted by molar-refractivity contribution is 7.90. The highest BCUT2D eigenvalue weighted by atomic mass is 32.2. The van der Waals surface area contributed by atoms with Crippen LogP contribution in [0, 0.1) is 18.3 Å². The SMILES string of the molecule is CC[C@@H](Cn1c(C#N)cc2c(C)c(CN3CCC(Nc4nc(N)nc5sc(CC(F)(F)F)cc45)CC3)ccc21)N1CCN(S(=O)(=O)C2CC2)CC1. The molecule has 1 aliphatic carbocycles. The van der Waals surface area contributed by atoms with Gasteiger partial charge in [-0.25, -0.2) is 13.4 Å². The molecule has 0 bridgehead atoms. The largest absolute Gasteiger partial charge is 0.393 e. The minimum Gasteiger partial charge on any atom is -0.368 e. The molecule has 11 nitrogen and oxygen atoms in total. The third-order valence-electron chi connectivity index (χ3n) is 10.7. The van der Waals surface area contributed by atoms with Gasteiger partial charge < -0.3 is 15.6 Å². The molecule has 5 heterocycles. The van der Waals surface area contributed by atoms with Crippen LogP contribution in [0.25, 0.3) is 21.1 Å². The van der Waals surface area contributed by atoms with Crippen molar-refractivity contribution in [3.8, 4) is 6.07 Å². The lowest BCUT2D eigenvalue weighted by Gasteiger charge is -2.38. The Morgan fingerprint density at radius 3 is 2.43 bits per heavy atom. The first-order chi connectivity index (χ1) is 24.3. The third-order valence-corrected chi connectivity index (χ3v) is 14.1. The van der Waals surface area contributed by atoms with Crippen LogP contribution in [0.3, 0.4) is 0 Å². The number of piperazine rings is 1. The number of alkyl halides is 3. The predicted molar refractivity (Wildman–Crippen MR) is 194 cm³/mol. The quantitative estimate of drug-likeness (QED) is 0.205. The monoisotopic (exact) mass is 743 g/mol. The van der Waals surface area contributed by atoms with Gasteiger partial charge in [-0.05, 0) is 68.4 Å². The Balaban J connectivity index is 0.990. The number of anilines is 2. The zero-order valence-electron chi connectivity index (χ0n) is 28.9. The van der Waals surface area contributed by atoms with Crippen molar-refractivity contribution in [1.82, 2.24) is 28.6 Å². The van der Waals surface area contributed by atoms with E-state index in [-0.39, 0.29) is 28.2 Å². The molecule has 0 amide bonds. The minimum atomic E-state index is -4.30. The summed E-state index contributed by atoms with van der Waals surface area (Å²) in [5, 5.41) is 15.0. The number of fused-ring (bicyclic) bond motifs is 2. The number of piperidine rings is 1. The van der Waals surface area contributed by atoms with E-state index in [1.807, 2.05) is 6.07 Å². The van der Waals surface area contributed by atoms with Crippen molar-refractivity contribution in [1.29, 1.82) is 5.26 Å². The van der Waals surface area contributed by atoms with E-state index in [1.165, 1.54) is 11.6 Å². The third kappa shape index (κ3) is 7.68. The molecule has 0 radical (unpaired) electrons. The molecular weight excluding hydrogens is 700 g/mol. The molecule has 0 unspecified atom stereocenters. The maximum absolute atomic E-state index is 13.0. The van der Waals surface area contributed by atoms with Gasteiger partial charge in [-0.1, -0.05) is 13.0 Å². The number of rotatable bonds is 11. The van der Waals surface area contributed by atoms with E-state index in [2.05, 4.69) is 61.7 Å². The number of nitriles is 1. The van der Waals surface area contributed by atoms with Crippen molar-refractivity contribution in [3.63, 3.8) is 0 Å². The summed E-state index contributed by atoms with van der Waals surface area (Å²) in [7, 11) is -3.17. The normalized spacial score (nSPS) is 19.5. The van der Waals surface area contributed by atoms with Crippen LogP contribution < -0.4 is 11.1 Å². The Hall–Kier alpha value is -3.49. The molecule has 3 N–H and O–H groups in total. The van der Waals surface area contributed by atoms with Gasteiger partial charge in [-0.2, -0.15) is 27.7 Å². The number of halogens is 3. The number of likely N-dealkylation sites (tertiary alicyclic amines) is 1. The molecule has 51 heavy (non-hydrogen) atoms. The second kappa shape index (κ2) is 14.1. The first-order valence-corrected chi connectivity index (χ1v) is 20.0. The lowest BCUT2D eigenvalue weighted by Crippen LogP contribution is -2.53. The van der Waals surface area contributed by atoms with Gasteiger partial charge >= 0.3 is 6.18 Å². The summed E-state index contributed by atoms with van der Waals surface area (Å²) in [6.07, 6.45) is -1.20. The number of benzene rings is 1. The summed E-state index contributed by atoms with van der Waals surface area (Å²) in [6.45, 7) is 9.78. The second-order valence-corrected chi connectivity index (χ2v) is 17.5. The molecule has 2 aliphatic heterocycles. The lowest BCUT2D eigenvalue weighted by atomic mass is 10.0. The molecule has 16 heteroatoms. The molecule has 3 fully saturated rings. The van der Waals surface area contributed by atoms with E-state index in [4.69, 9.17) is 5.73 Å². The van der Waals surface area contributed by atoms with Crippen LogP contribution in [0.1, 0.15) is 60.7 Å². The number of hydrogen-bond acceptors (Lipinski definition) is 10. The highest BCUT2D eigenvalue weighted by Gasteiger charge is 2.41. The average molecular weight is 744 g/mol. The van der Waals surface area contributed by atoms with Crippen LogP contribution in [0.5, 0.6) is 0 Å². The number of nitrogen functional groups attached to an aromatic ring is 1. The van der Waals surface area contributed by atoms with Crippen LogP contribution >= 0.6 is 11.3 Å². The summed E-state index contributed by atoms with van der Waals surface area (Å²) in [5.74, 6) is 0.515. The zero-order valence-corrected chi connectivity index (χ0v) is 30.5. The number of nitrogens with one attached hydrogen (secondary N) is 1. The molecular formula is C35H44F3N9O2S2. The number of thiophene rings is 1. The molecule has 1 aromatic carbocycles. The number of sulfonamides is 1. The molecule has 1 saturated carbocycles. The molecule has 274 valence electrons. The van der Waals surface area contributed by atoms with Crippen molar-refractivity contribution in [3.05, 3.63) is 46.0 Å². The van der Waals surface area contributed by atoms with Crippen molar-refractivity contribution < 1.29 is 21.6 Å². The lowest BCUT2D eigenvalue weighted by molar-refractivity contribution is -0.126. The Bertz CT molecular complexity index is 2050. The molecule has 7 rings (SSSR count). The standard InChI is InChI=1S/C35H44F3N9O2S2/c1-3-25(45-12-14-46(15-13-45)51(48,49)28-5-6-28)21-47-26(19-39)16-29-22(2)23(4-7-31(29)47)20-44-10-8-24(9-11-44)41-32-30-17-27(18-35(36,37)38)50-33(30)43-34(40)42-32/h4,7,16-17,24-25,28H,3,5-6,8-15,18,20-21H2,1-2H3,(H3,40,41,42,43)/t25-/m0/s1. The topological polar surface area (TPSA) is 136 Å². The average Bonchev–Trinajstić information content (AvgIpc) is 3.80. The second-order valence-electron chi connectivity index (χ2n) is 14.1. The van der Waals surface area contributed by atoms with Crippen LogP contribution in [0.4, 0.5) is 24.9 Å². The van der Waals surface area contributed by atoms with Gasteiger partial charge in [0, 0.05) is 80.2 Å². The molecule has 0 spiro atoms. The summed E-state index contributed by atoms with van der Waals surface area (Å²) >= 11 is 0.995. The van der Waals surface area contributed by atoms with E-state index in [9.17, 15) is 26.9 Å². The number of hydrogen-bond donors (Lipinski definition) is 2. The maximum Gasteiger partial charge on any atom is 0.393 e. The number of aromatic nitrogens is 3. The Labute approximate surface area is 300 Å². The zero-order chi connectivity index (χ0) is 36.1. The van der Waals surface area contributed by atoms with Crippen molar-refractivity contribution in [2.75, 3.05) is 50.3 Å². The van der Waals surface area contributed by atoms with Gasteiger partial charge in [-0.15, -0.1) is 11.3 Å². The fourth-order valence-electron chi connectivity index (χ4n) is 7.65. The number of nitrogens with two attached hydrogens (primary N) is 1. The smallest absolute Gasteiger partial charge is 0.368 e. The fraction of sp³-hybridized carbons (Fsp3) is 0.571. The molecule has 3 aromatic heterocycles. The predicted octanol–water partition coefficient (Wildman–Crippen LogP) is 5.48. The van der Waals surface area contributed by atoms with Gasteiger partial charge in [0.15, 0.2) is 0 Å². The Kier molecular flexibility index (Phi) is 9.96. The van der Waals surface area contributed by atoms with Gasteiger partial charge in [0.05, 0.1) is 17.1 Å². The Morgan fingerprint density at radius 1 is 1.06 bits per heavy atom. The van der Waals surface area contributed by atoms with Gasteiger partial charge in [0.1, 0.15) is 22.4 Å². The summed E-state index contributed by atoms with van der Waals surface area (Å²) in [5.41, 5.74) is 9.93. The van der Waals surface area contributed by atoms with E-state index in [0.717, 1.165) is 79.5 Å². The van der Waals surface area contributed by atoms with Crippen molar-refractivity contribution >= 4 is 54.2 Å². The summed E-state index contributed by atoms with van der Waals surface area (Å²) < 4.78 is 68.4. The van der Waals surface area contributed by atoms with Gasteiger partial charge in [-0.3, -0.25) is 9.80 Å². The molecule has 3 aliphatic rings. The van der Waals surface area contributed by atoms with E-state index in [0.29, 0.717) is 54.5 Å². The minimum absolute atomic E-state index is 0.0342. The summed E-state index contributed by atoms with van der Waals surface area (Å²) in [6, 6.07) is 10.5. The van der Waals surface area contributed by atoms with E-state index < -0.39 is 22.6 Å². The van der Waals surface area contributed by atoms with E-state index >= 15 is 0 Å². The van der Waals surface area contributed by atoms with E-state index in [1.54, 1.807) is 4.31 Å². The van der Waals surface area contributed by atoms with Crippen molar-refractivity contribution in [2.45, 2.75) is 89.0 Å². The number of aryl methyl sites for hydroxylation is 1. The highest BCUT2D eigenvalue weighted by Crippen LogP contribution is 2.35. The van der Waals surface area contributed by atoms with Crippen LogP contribution in [0.15, 0.2) is 24.3 Å². The van der Waals surface area contributed by atoms with Crippen LogP contribution in [0.2, 0.25) is 0 Å². The van der Waals surface area contributed by atoms with Gasteiger partial charge in [0.2, 0.25) is 16.0 Å². The molecule has 1 atom stereocenters. The first kappa shape index (κ1) is 35.9. The fourth-order valence-corrected chi connectivity index (χ4v) is 10.5. The molecule has 2 saturated heterocycles.